The van der Waals surface area contributed by atoms with E-state index >= 15 is 0 Å². The first-order valence-corrected chi connectivity index (χ1v) is 8.39. The van der Waals surface area contributed by atoms with Crippen molar-refractivity contribution in [1.29, 1.82) is 0 Å². The van der Waals surface area contributed by atoms with E-state index in [0.717, 1.165) is 26.5 Å². The van der Waals surface area contributed by atoms with E-state index in [-0.39, 0.29) is 6.04 Å². The Hall–Kier alpha value is -0.980. The van der Waals surface area contributed by atoms with Crippen molar-refractivity contribution in [3.05, 3.63) is 39.1 Å². The molecule has 0 fully saturated rings. The molecule has 0 aromatic carbocycles. The molecule has 0 spiro atoms. The first-order valence-electron chi connectivity index (χ1n) is 6.18. The van der Waals surface area contributed by atoms with Crippen LogP contribution in [0.25, 0.3) is 11.2 Å². The van der Waals surface area contributed by atoms with Crippen molar-refractivity contribution in [2.45, 2.75) is 19.4 Å². The lowest BCUT2D eigenvalue weighted by Crippen LogP contribution is -2.11. The third-order valence-electron chi connectivity index (χ3n) is 3.08. The fourth-order valence-corrected chi connectivity index (χ4v) is 3.40. The molecule has 0 aliphatic carbocycles. The first-order chi connectivity index (χ1) is 9.70. The van der Waals surface area contributed by atoms with E-state index in [2.05, 4.69) is 42.4 Å². The van der Waals surface area contributed by atoms with Crippen LogP contribution >= 0.6 is 38.9 Å². The van der Waals surface area contributed by atoms with Crippen LogP contribution < -0.4 is 0 Å². The number of halogens is 2. The third-order valence-corrected chi connectivity index (χ3v) is 4.65. The van der Waals surface area contributed by atoms with Gasteiger partial charge in [0, 0.05) is 34.5 Å². The minimum atomic E-state index is 0.104. The quantitative estimate of drug-likeness (QED) is 0.650. The van der Waals surface area contributed by atoms with Gasteiger partial charge in [0.1, 0.15) is 16.3 Å². The number of alkyl halides is 1. The molecule has 3 aromatic rings. The highest BCUT2D eigenvalue weighted by molar-refractivity contribution is 9.10. The SMILES string of the molecule is CC(c1nccs1)n1c(CCCl)nc2cc(Br)cnc21. The molecular weight excluding hydrogens is 360 g/mol. The van der Waals surface area contributed by atoms with Gasteiger partial charge < -0.3 is 4.57 Å². The van der Waals surface area contributed by atoms with Crippen LogP contribution in [0.4, 0.5) is 0 Å². The van der Waals surface area contributed by atoms with Crippen LogP contribution in [-0.4, -0.2) is 25.4 Å². The molecule has 4 nitrogen and oxygen atoms in total. The third kappa shape index (κ3) is 2.47. The fraction of sp³-hybridized carbons (Fsp3) is 0.308. The van der Waals surface area contributed by atoms with E-state index in [1.54, 1.807) is 17.5 Å². The molecule has 20 heavy (non-hydrogen) atoms. The number of hydrogen-bond acceptors (Lipinski definition) is 4. The van der Waals surface area contributed by atoms with Gasteiger partial charge in [-0.1, -0.05) is 0 Å². The molecule has 0 saturated carbocycles. The monoisotopic (exact) mass is 370 g/mol. The zero-order chi connectivity index (χ0) is 14.1. The molecule has 0 saturated heterocycles. The normalized spacial score (nSPS) is 12.9. The van der Waals surface area contributed by atoms with Crippen LogP contribution in [-0.2, 0) is 6.42 Å². The smallest absolute Gasteiger partial charge is 0.160 e. The molecule has 0 N–H and O–H groups in total. The van der Waals surface area contributed by atoms with E-state index in [1.807, 2.05) is 17.6 Å². The van der Waals surface area contributed by atoms with Gasteiger partial charge in [0.25, 0.3) is 0 Å². The second kappa shape index (κ2) is 5.79. The van der Waals surface area contributed by atoms with E-state index in [0.29, 0.717) is 12.3 Å². The lowest BCUT2D eigenvalue weighted by atomic mass is 10.3. The molecule has 0 radical (unpaired) electrons. The molecule has 0 aliphatic heterocycles. The van der Waals surface area contributed by atoms with E-state index in [4.69, 9.17) is 11.6 Å². The topological polar surface area (TPSA) is 43.6 Å². The van der Waals surface area contributed by atoms with Crippen LogP contribution in [0.2, 0.25) is 0 Å². The highest BCUT2D eigenvalue weighted by atomic mass is 79.9. The number of thiazole rings is 1. The number of nitrogens with zero attached hydrogens (tertiary/aromatic N) is 4. The maximum atomic E-state index is 5.90. The van der Waals surface area contributed by atoms with Crippen molar-refractivity contribution < 1.29 is 0 Å². The molecule has 1 unspecified atom stereocenters. The summed E-state index contributed by atoms with van der Waals surface area (Å²) in [6, 6.07) is 2.08. The lowest BCUT2D eigenvalue weighted by Gasteiger charge is -2.14. The van der Waals surface area contributed by atoms with Crippen molar-refractivity contribution in [2.75, 3.05) is 5.88 Å². The Morgan fingerprint density at radius 1 is 1.45 bits per heavy atom. The molecule has 0 amide bonds. The van der Waals surface area contributed by atoms with Gasteiger partial charge in [0.05, 0.1) is 6.04 Å². The molecule has 3 rings (SSSR count). The van der Waals surface area contributed by atoms with Crippen LogP contribution in [0.1, 0.15) is 23.8 Å². The van der Waals surface area contributed by atoms with E-state index in [9.17, 15) is 0 Å². The Bertz CT molecular complexity index is 725. The lowest BCUT2D eigenvalue weighted by molar-refractivity contribution is 0.615. The van der Waals surface area contributed by atoms with Gasteiger partial charge in [0.2, 0.25) is 0 Å². The standard InChI is InChI=1S/C13H12BrClN4S/c1-8(13-16-4-5-20-13)19-11(2-3-15)18-10-6-9(14)7-17-12(10)19/h4-8H,2-3H2,1H3. The Morgan fingerprint density at radius 2 is 2.30 bits per heavy atom. The summed E-state index contributed by atoms with van der Waals surface area (Å²) < 4.78 is 3.05. The summed E-state index contributed by atoms with van der Waals surface area (Å²) in [5, 5.41) is 3.03. The van der Waals surface area contributed by atoms with Gasteiger partial charge >= 0.3 is 0 Å². The second-order valence-electron chi connectivity index (χ2n) is 4.38. The van der Waals surface area contributed by atoms with Gasteiger partial charge in [-0.25, -0.2) is 15.0 Å². The van der Waals surface area contributed by atoms with Crippen molar-refractivity contribution in [1.82, 2.24) is 19.5 Å². The number of fused-ring (bicyclic) bond motifs is 1. The Morgan fingerprint density at radius 3 is 3.00 bits per heavy atom. The van der Waals surface area contributed by atoms with E-state index in [1.165, 1.54) is 0 Å². The summed E-state index contributed by atoms with van der Waals surface area (Å²) in [6.07, 6.45) is 4.33. The zero-order valence-corrected chi connectivity index (χ0v) is 13.9. The molecule has 0 bridgehead atoms. The number of pyridine rings is 1. The van der Waals surface area contributed by atoms with Crippen molar-refractivity contribution in [3.63, 3.8) is 0 Å². The Balaban J connectivity index is 2.18. The summed E-state index contributed by atoms with van der Waals surface area (Å²) in [6.45, 7) is 2.11. The second-order valence-corrected chi connectivity index (χ2v) is 6.60. The highest BCUT2D eigenvalue weighted by Crippen LogP contribution is 2.27. The van der Waals surface area contributed by atoms with E-state index < -0.39 is 0 Å². The average Bonchev–Trinajstić information content (AvgIpc) is 3.05. The molecule has 0 aliphatic rings. The van der Waals surface area contributed by atoms with Crippen molar-refractivity contribution in [2.24, 2.45) is 0 Å². The maximum absolute atomic E-state index is 5.90. The average molecular weight is 372 g/mol. The number of hydrogen-bond donors (Lipinski definition) is 0. The Labute approximate surface area is 134 Å². The minimum absolute atomic E-state index is 0.104. The summed E-state index contributed by atoms with van der Waals surface area (Å²) in [4.78, 5) is 13.6. The predicted octanol–water partition coefficient (Wildman–Crippen LogP) is 4.04. The van der Waals surface area contributed by atoms with Crippen molar-refractivity contribution >= 4 is 50.0 Å². The molecular formula is C13H12BrClN4S. The highest BCUT2D eigenvalue weighted by Gasteiger charge is 2.19. The summed E-state index contributed by atoms with van der Waals surface area (Å²) in [5.74, 6) is 1.48. The zero-order valence-electron chi connectivity index (χ0n) is 10.8. The largest absolute Gasteiger partial charge is 0.303 e. The number of aryl methyl sites for hydroxylation is 1. The predicted molar refractivity (Wildman–Crippen MR) is 85.6 cm³/mol. The van der Waals surface area contributed by atoms with Crippen molar-refractivity contribution in [3.8, 4) is 0 Å². The van der Waals surface area contributed by atoms with Gasteiger partial charge in [0.15, 0.2) is 5.65 Å². The van der Waals surface area contributed by atoms with Gasteiger partial charge in [-0.3, -0.25) is 0 Å². The van der Waals surface area contributed by atoms with Crippen LogP contribution in [0.5, 0.6) is 0 Å². The number of imidazole rings is 1. The Kier molecular flexibility index (Phi) is 4.05. The molecule has 7 heteroatoms. The summed E-state index contributed by atoms with van der Waals surface area (Å²) in [7, 11) is 0. The van der Waals surface area contributed by atoms with Gasteiger partial charge in [-0.15, -0.1) is 22.9 Å². The summed E-state index contributed by atoms with van der Waals surface area (Å²) >= 11 is 11.0. The van der Waals surface area contributed by atoms with Gasteiger partial charge in [-0.2, -0.15) is 0 Å². The molecule has 1 atom stereocenters. The molecule has 104 valence electrons. The van der Waals surface area contributed by atoms with Gasteiger partial charge in [-0.05, 0) is 28.9 Å². The first kappa shape index (κ1) is 14.0. The molecule has 3 heterocycles. The summed E-state index contributed by atoms with van der Waals surface area (Å²) in [5.41, 5.74) is 1.75. The van der Waals surface area contributed by atoms with Crippen LogP contribution in [0, 0.1) is 0 Å². The number of aromatic nitrogens is 4. The van der Waals surface area contributed by atoms with Crippen LogP contribution in [0.3, 0.4) is 0 Å². The number of rotatable bonds is 4. The van der Waals surface area contributed by atoms with Crippen LogP contribution in [0.15, 0.2) is 28.3 Å². The minimum Gasteiger partial charge on any atom is -0.303 e. The maximum Gasteiger partial charge on any atom is 0.160 e. The molecule has 3 aromatic heterocycles. The fourth-order valence-electron chi connectivity index (χ4n) is 2.22.